The van der Waals surface area contributed by atoms with Gasteiger partial charge in [-0.05, 0) is 57.6 Å². The van der Waals surface area contributed by atoms with Crippen LogP contribution in [0, 0.1) is 0 Å². The fourth-order valence-corrected chi connectivity index (χ4v) is 3.10. The summed E-state index contributed by atoms with van der Waals surface area (Å²) in [5, 5.41) is 0. The minimum absolute atomic E-state index is 0.170. The Balaban J connectivity index is 2.45. The van der Waals surface area contributed by atoms with Gasteiger partial charge in [0.15, 0.2) is 0 Å². The maximum Gasteiger partial charge on any atom is 0.0642 e. The van der Waals surface area contributed by atoms with Gasteiger partial charge in [0.2, 0.25) is 0 Å². The number of likely N-dealkylation sites (N-methyl/N-ethyl adjacent to an activating group) is 1. The second kappa shape index (κ2) is 8.30. The second-order valence-corrected chi connectivity index (χ2v) is 7.09. The van der Waals surface area contributed by atoms with Crippen LogP contribution in [0.3, 0.4) is 0 Å². The maximum absolute atomic E-state index is 4.92. The predicted octanol–water partition coefficient (Wildman–Crippen LogP) is 4.12. The van der Waals surface area contributed by atoms with E-state index in [9.17, 15) is 0 Å². The minimum Gasteiger partial charge on any atom is -0.378 e. The van der Waals surface area contributed by atoms with Crippen LogP contribution in [0.15, 0.2) is 59.6 Å². The molecule has 134 valence electrons. The molecule has 0 fully saturated rings. The highest BCUT2D eigenvalue weighted by Crippen LogP contribution is 2.26. The quantitative estimate of drug-likeness (QED) is 0.708. The Hall–Kier alpha value is -2.13. The average molecular weight is 338 g/mol. The third kappa shape index (κ3) is 4.49. The molecular formula is C22H31N3. The molecule has 0 aliphatic carbocycles. The van der Waals surface area contributed by atoms with Gasteiger partial charge < -0.3 is 4.90 Å². The summed E-state index contributed by atoms with van der Waals surface area (Å²) in [6, 6.07) is 19.4. The van der Waals surface area contributed by atoms with Crippen molar-refractivity contribution in [2.24, 2.45) is 4.99 Å². The minimum atomic E-state index is -0.170. The van der Waals surface area contributed by atoms with Crippen molar-refractivity contribution in [3.8, 4) is 0 Å². The summed E-state index contributed by atoms with van der Waals surface area (Å²) in [7, 11) is 8.41. The number of hydrogen-bond donors (Lipinski definition) is 0. The van der Waals surface area contributed by atoms with Crippen molar-refractivity contribution in [1.29, 1.82) is 0 Å². The van der Waals surface area contributed by atoms with Crippen LogP contribution < -0.4 is 4.90 Å². The first-order chi connectivity index (χ1) is 11.9. The van der Waals surface area contributed by atoms with Crippen molar-refractivity contribution < 1.29 is 0 Å². The first-order valence-electron chi connectivity index (χ1n) is 8.92. The Bertz CT molecular complexity index is 687. The van der Waals surface area contributed by atoms with E-state index < -0.39 is 0 Å². The molecule has 2 aromatic carbocycles. The van der Waals surface area contributed by atoms with Crippen LogP contribution in [0.1, 0.15) is 25.0 Å². The van der Waals surface area contributed by atoms with Gasteiger partial charge in [-0.15, -0.1) is 0 Å². The number of nitrogens with zero attached hydrogens (tertiary/aromatic N) is 3. The summed E-state index contributed by atoms with van der Waals surface area (Å²) in [4.78, 5) is 9.33. The highest BCUT2D eigenvalue weighted by atomic mass is 15.2. The topological polar surface area (TPSA) is 18.8 Å². The SMILES string of the molecule is CCN=C(c1ccc(N(C)C)cc1)C(C)(Cc1ccccc1)N(C)C. The molecule has 1 atom stereocenters. The van der Waals surface area contributed by atoms with Crippen LogP contribution in [0.5, 0.6) is 0 Å². The number of benzene rings is 2. The van der Waals surface area contributed by atoms with Crippen molar-refractivity contribution in [2.75, 3.05) is 39.6 Å². The molecule has 0 aliphatic rings. The lowest BCUT2D eigenvalue weighted by Gasteiger charge is -2.38. The van der Waals surface area contributed by atoms with E-state index in [0.717, 1.165) is 18.7 Å². The van der Waals surface area contributed by atoms with Gasteiger partial charge in [0, 0.05) is 26.3 Å². The predicted molar refractivity (Wildman–Crippen MR) is 110 cm³/mol. The van der Waals surface area contributed by atoms with Gasteiger partial charge in [-0.2, -0.15) is 0 Å². The third-order valence-corrected chi connectivity index (χ3v) is 4.86. The zero-order chi connectivity index (χ0) is 18.4. The summed E-state index contributed by atoms with van der Waals surface area (Å²) in [6.07, 6.45) is 0.926. The largest absolute Gasteiger partial charge is 0.378 e. The molecule has 0 saturated heterocycles. The van der Waals surface area contributed by atoms with Gasteiger partial charge in [0.1, 0.15) is 0 Å². The second-order valence-electron chi connectivity index (χ2n) is 7.09. The molecule has 25 heavy (non-hydrogen) atoms. The van der Waals surface area contributed by atoms with Crippen LogP contribution in [-0.4, -0.2) is 50.9 Å². The smallest absolute Gasteiger partial charge is 0.0642 e. The zero-order valence-corrected chi connectivity index (χ0v) is 16.5. The summed E-state index contributed by atoms with van der Waals surface area (Å²) >= 11 is 0. The molecule has 0 amide bonds. The van der Waals surface area contributed by atoms with Gasteiger partial charge in [-0.25, -0.2) is 0 Å². The van der Waals surface area contributed by atoms with E-state index in [1.807, 2.05) is 0 Å². The molecule has 0 N–H and O–H groups in total. The van der Waals surface area contributed by atoms with Gasteiger partial charge in [-0.3, -0.25) is 9.89 Å². The van der Waals surface area contributed by atoms with Gasteiger partial charge >= 0.3 is 0 Å². The van der Waals surface area contributed by atoms with Crippen LogP contribution in [0.25, 0.3) is 0 Å². The lowest BCUT2D eigenvalue weighted by molar-refractivity contribution is 0.250. The number of rotatable bonds is 7. The maximum atomic E-state index is 4.92. The molecule has 0 spiro atoms. The lowest BCUT2D eigenvalue weighted by Crippen LogP contribution is -2.51. The van der Waals surface area contributed by atoms with Gasteiger partial charge in [-0.1, -0.05) is 42.5 Å². The summed E-state index contributed by atoms with van der Waals surface area (Å²) in [5.41, 5.74) is 4.70. The molecule has 0 radical (unpaired) electrons. The zero-order valence-electron chi connectivity index (χ0n) is 16.5. The van der Waals surface area contributed by atoms with E-state index in [1.54, 1.807) is 0 Å². The van der Waals surface area contributed by atoms with Crippen molar-refractivity contribution in [1.82, 2.24) is 4.90 Å². The van der Waals surface area contributed by atoms with Crippen molar-refractivity contribution >= 4 is 11.4 Å². The van der Waals surface area contributed by atoms with Crippen molar-refractivity contribution in [2.45, 2.75) is 25.8 Å². The van der Waals surface area contributed by atoms with E-state index in [2.05, 4.69) is 106 Å². The summed E-state index contributed by atoms with van der Waals surface area (Å²) in [6.45, 7) is 5.17. The van der Waals surface area contributed by atoms with Crippen LogP contribution in [0.4, 0.5) is 5.69 Å². The molecular weight excluding hydrogens is 306 g/mol. The number of aliphatic imine (C=N–C) groups is 1. The van der Waals surface area contributed by atoms with Crippen LogP contribution >= 0.6 is 0 Å². The Labute approximate surface area is 153 Å². The van der Waals surface area contributed by atoms with Crippen LogP contribution in [0.2, 0.25) is 0 Å². The van der Waals surface area contributed by atoms with E-state index >= 15 is 0 Å². The van der Waals surface area contributed by atoms with E-state index in [0.29, 0.717) is 0 Å². The van der Waals surface area contributed by atoms with Crippen molar-refractivity contribution in [3.63, 3.8) is 0 Å². The van der Waals surface area contributed by atoms with Gasteiger partial charge in [0.25, 0.3) is 0 Å². The molecule has 3 heteroatoms. The number of hydrogen-bond acceptors (Lipinski definition) is 3. The Morgan fingerprint density at radius 2 is 1.52 bits per heavy atom. The van der Waals surface area contributed by atoms with Gasteiger partial charge in [0.05, 0.1) is 11.3 Å². The molecule has 0 heterocycles. The molecule has 0 bridgehead atoms. The molecule has 2 aromatic rings. The Morgan fingerprint density at radius 1 is 0.920 bits per heavy atom. The fraction of sp³-hybridized carbons (Fsp3) is 0.409. The monoisotopic (exact) mass is 337 g/mol. The fourth-order valence-electron chi connectivity index (χ4n) is 3.10. The first kappa shape index (κ1) is 19.2. The molecule has 3 nitrogen and oxygen atoms in total. The van der Waals surface area contributed by atoms with E-state index in [1.165, 1.54) is 16.8 Å². The Morgan fingerprint density at radius 3 is 2.00 bits per heavy atom. The molecule has 0 aliphatic heterocycles. The van der Waals surface area contributed by atoms with Crippen molar-refractivity contribution in [3.05, 3.63) is 65.7 Å². The summed E-state index contributed by atoms with van der Waals surface area (Å²) < 4.78 is 0. The average Bonchev–Trinajstić information content (AvgIpc) is 2.60. The molecule has 1 unspecified atom stereocenters. The highest BCUT2D eigenvalue weighted by molar-refractivity contribution is 6.07. The molecule has 0 saturated carbocycles. The van der Waals surface area contributed by atoms with Crippen LogP contribution in [-0.2, 0) is 6.42 Å². The van der Waals surface area contributed by atoms with E-state index in [-0.39, 0.29) is 5.54 Å². The van der Waals surface area contributed by atoms with E-state index in [4.69, 9.17) is 4.99 Å². The summed E-state index contributed by atoms with van der Waals surface area (Å²) in [5.74, 6) is 0. The molecule has 2 rings (SSSR count). The molecule has 0 aromatic heterocycles. The highest BCUT2D eigenvalue weighted by Gasteiger charge is 2.34. The normalized spacial score (nSPS) is 14.4. The third-order valence-electron chi connectivity index (χ3n) is 4.86. The standard InChI is InChI=1S/C22H31N3/c1-7-23-21(19-13-15-20(16-14-19)24(3)4)22(2,25(5)6)17-18-11-9-8-10-12-18/h8-16H,7,17H2,1-6H3. The lowest BCUT2D eigenvalue weighted by atomic mass is 9.83. The number of anilines is 1. The first-order valence-corrected chi connectivity index (χ1v) is 8.92. The Kier molecular flexibility index (Phi) is 6.38.